The summed E-state index contributed by atoms with van der Waals surface area (Å²) in [5.41, 5.74) is 13.9. The van der Waals surface area contributed by atoms with Crippen LogP contribution < -0.4 is 57.5 Å². The van der Waals surface area contributed by atoms with Gasteiger partial charge in [-0.05, 0) is 232 Å². The molecule has 0 saturated carbocycles. The summed E-state index contributed by atoms with van der Waals surface area (Å²) in [7, 11) is 0. The largest absolute Gasteiger partial charge is 0.494 e. The fourth-order valence-electron chi connectivity index (χ4n) is 16.2. The first-order valence-electron chi connectivity index (χ1n) is 47.8. The zero-order valence-electron chi connectivity index (χ0n) is 77.4. The smallest absolute Gasteiger partial charge is 0.129 e. The van der Waals surface area contributed by atoms with E-state index in [0.717, 1.165) is 231 Å². The average molecular weight is 1750 g/mol. The Labute approximate surface area is 773 Å². The van der Waals surface area contributed by atoms with Crippen molar-refractivity contribution in [2.45, 2.75) is 170 Å². The van der Waals surface area contributed by atoms with Gasteiger partial charge in [0.1, 0.15) is 57.5 Å². The fourth-order valence-corrected chi connectivity index (χ4v) is 16.2. The van der Waals surface area contributed by atoms with Crippen LogP contribution in [-0.4, -0.2) is 92.5 Å². The van der Waals surface area contributed by atoms with E-state index in [-0.39, 0.29) is 10.8 Å². The monoisotopic (exact) mass is 1750 g/mol. The molecule has 12 aromatic carbocycles. The summed E-state index contributed by atoms with van der Waals surface area (Å²) < 4.78 is 75.2. The second kappa shape index (κ2) is 49.7. The van der Waals surface area contributed by atoms with Crippen molar-refractivity contribution in [3.05, 3.63) is 291 Å². The summed E-state index contributed by atoms with van der Waals surface area (Å²) in [6.45, 7) is 23.1. The summed E-state index contributed by atoms with van der Waals surface area (Å²) in [6, 6.07) is 101. The van der Waals surface area contributed by atoms with E-state index in [1.165, 1.54) is 51.4 Å². The highest BCUT2D eigenvalue weighted by Crippen LogP contribution is 2.46. The zero-order valence-corrected chi connectivity index (χ0v) is 77.4. The lowest BCUT2D eigenvalue weighted by Crippen LogP contribution is -2.43. The number of nitrogens with zero attached hydrogens (tertiary/aromatic N) is 4. The second-order valence-electron chi connectivity index (χ2n) is 35.1. The van der Waals surface area contributed by atoms with Crippen molar-refractivity contribution in [2.24, 2.45) is 10.8 Å². The van der Waals surface area contributed by atoms with Gasteiger partial charge in [0.05, 0.1) is 79.3 Å². The minimum absolute atomic E-state index is 0.138. The molecule has 0 spiro atoms. The molecule has 0 N–H and O–H groups in total. The molecule has 0 bridgehead atoms. The zero-order chi connectivity index (χ0) is 89.6. The molecule has 16 nitrogen and oxygen atoms in total. The van der Waals surface area contributed by atoms with Crippen LogP contribution in [0.15, 0.2) is 291 Å². The molecule has 14 rings (SSSR count). The van der Waals surface area contributed by atoms with Crippen molar-refractivity contribution >= 4 is 68.2 Å². The molecular weight excluding hydrogens is 1620 g/mol. The van der Waals surface area contributed by atoms with Crippen molar-refractivity contribution in [1.29, 1.82) is 0 Å². The minimum Gasteiger partial charge on any atom is -0.494 e. The Morgan fingerprint density at radius 3 is 0.662 bits per heavy atom. The van der Waals surface area contributed by atoms with Gasteiger partial charge in [0.2, 0.25) is 0 Å². The molecule has 0 atom stereocenters. The predicted octanol–water partition coefficient (Wildman–Crippen LogP) is 31.1. The molecule has 0 unspecified atom stereocenters. The van der Waals surface area contributed by atoms with E-state index in [1.54, 1.807) is 0 Å². The van der Waals surface area contributed by atoms with E-state index in [4.69, 9.17) is 56.8 Å². The van der Waals surface area contributed by atoms with E-state index >= 15 is 0 Å². The van der Waals surface area contributed by atoms with Gasteiger partial charge in [0.15, 0.2) is 0 Å². The minimum atomic E-state index is 0.138. The van der Waals surface area contributed by atoms with Crippen LogP contribution in [0.5, 0.6) is 57.5 Å². The Morgan fingerprint density at radius 1 is 0.215 bits per heavy atom. The number of ether oxygens (including phenoxy) is 12. The predicted molar refractivity (Wildman–Crippen MR) is 531 cm³/mol. The molecule has 2 saturated heterocycles. The molecular formula is C114H134N4O12. The van der Waals surface area contributed by atoms with Crippen LogP contribution >= 0.6 is 0 Å². The first-order chi connectivity index (χ1) is 64.0. The van der Waals surface area contributed by atoms with Crippen molar-refractivity contribution in [2.75, 3.05) is 112 Å². The first-order valence-corrected chi connectivity index (χ1v) is 47.8. The van der Waals surface area contributed by atoms with Crippen LogP contribution in [0.4, 0.5) is 68.2 Å². The van der Waals surface area contributed by atoms with Crippen LogP contribution in [-0.2, 0) is 18.9 Å². The molecule has 2 aliphatic heterocycles. The lowest BCUT2D eigenvalue weighted by atomic mass is 9.90. The lowest BCUT2D eigenvalue weighted by Gasteiger charge is -2.37. The van der Waals surface area contributed by atoms with Crippen molar-refractivity contribution in [3.63, 3.8) is 0 Å². The van der Waals surface area contributed by atoms with Crippen LogP contribution in [0.1, 0.15) is 170 Å². The quantitative estimate of drug-likeness (QED) is 0.0336. The third kappa shape index (κ3) is 28.1. The molecule has 0 aliphatic carbocycles. The summed E-state index contributed by atoms with van der Waals surface area (Å²) in [4.78, 5) is 9.03. The van der Waals surface area contributed by atoms with Crippen molar-refractivity contribution in [1.82, 2.24) is 0 Å². The van der Waals surface area contributed by atoms with E-state index in [2.05, 4.69) is 286 Å². The number of unbranched alkanes of at least 4 members (excludes halogenated alkanes) is 14. The summed E-state index contributed by atoms with van der Waals surface area (Å²) in [6.07, 6.45) is 21.6. The van der Waals surface area contributed by atoms with Gasteiger partial charge in [-0.25, -0.2) is 0 Å². The molecule has 0 radical (unpaired) electrons. The van der Waals surface area contributed by atoms with E-state index in [1.807, 2.05) is 66.7 Å². The molecule has 130 heavy (non-hydrogen) atoms. The average Bonchev–Trinajstić information content (AvgIpc) is 0.801. The number of anilines is 12. The van der Waals surface area contributed by atoms with Gasteiger partial charge in [0.25, 0.3) is 0 Å². The Hall–Kier alpha value is -11.9. The molecule has 0 amide bonds. The highest BCUT2D eigenvalue weighted by molar-refractivity contribution is 5.84. The summed E-state index contributed by atoms with van der Waals surface area (Å²) in [5.74, 6) is 7.66. The first kappa shape index (κ1) is 94.2. The number of rotatable bonds is 57. The standard InChI is InChI=1S/C114H134N4O12/c1-7-11-15-19-69-123-105-43-27-35-95(75-105)115(93-59-63-103(64-60-93)130-112-50-34-42-102(82-112)118(99-39-31-47-109(79-99)126-72-22-18-14-10-4)100-40-32-48-110(80-100)128-74-26-24-68-120-84-114(6)87-122-88-114)91-55-51-89(52-56-91)90-53-57-92(58-54-90)116(96-36-28-44-106(76-96)124-70-20-16-12-8-2)101-41-33-49-111(81-101)129-104-65-61-94(62-66-104)117(97-37-29-45-107(77-97)125-71-21-17-13-9-3)98-38-30-46-108(78-98)127-73-25-23-67-119-83-113(5)85-121-86-113/h27-66,75-82H,7-26,67-74,83-88H2,1-6H3. The van der Waals surface area contributed by atoms with E-state index in [0.29, 0.717) is 75.9 Å². The van der Waals surface area contributed by atoms with Gasteiger partial charge >= 0.3 is 0 Å². The maximum atomic E-state index is 6.85. The van der Waals surface area contributed by atoms with Gasteiger partial charge in [-0.2, -0.15) is 0 Å². The SMILES string of the molecule is CCCCCCOc1cccc(N(c2ccc(Oc3cccc(N(c4cccc(OCCCCCC)c4)c4cccc(OCCCCOCC5(C)COC5)c4)c3)cc2)c2ccc(-c3ccc(N(c4cccc(OCCCCCC)c4)c4cccc(Oc5ccc(N(c6cccc(OCCCCCC)c6)c6cccc(OCCCCOCC7(C)COC7)c6)cc5)c4)cc3)cc2)c1. The van der Waals surface area contributed by atoms with Crippen LogP contribution in [0.3, 0.4) is 0 Å². The van der Waals surface area contributed by atoms with Gasteiger partial charge in [0, 0.05) is 141 Å². The van der Waals surface area contributed by atoms with Gasteiger partial charge in [-0.1, -0.05) is 191 Å². The second-order valence-corrected chi connectivity index (χ2v) is 35.1. The summed E-state index contributed by atoms with van der Waals surface area (Å²) >= 11 is 0. The number of hydrogen-bond donors (Lipinski definition) is 0. The Kier molecular flexibility index (Phi) is 36.0. The molecule has 16 heteroatoms. The molecule has 682 valence electrons. The van der Waals surface area contributed by atoms with E-state index < -0.39 is 0 Å². The Morgan fingerprint density at radius 2 is 0.423 bits per heavy atom. The normalized spacial score (nSPS) is 13.0. The number of hydrogen-bond acceptors (Lipinski definition) is 16. The highest BCUT2D eigenvalue weighted by Gasteiger charge is 2.35. The van der Waals surface area contributed by atoms with Crippen LogP contribution in [0.25, 0.3) is 11.1 Å². The van der Waals surface area contributed by atoms with Crippen molar-refractivity contribution < 1.29 is 56.8 Å². The molecule has 2 fully saturated rings. The molecule has 2 aliphatic rings. The maximum absolute atomic E-state index is 6.85. The maximum Gasteiger partial charge on any atom is 0.129 e. The lowest BCUT2D eigenvalue weighted by molar-refractivity contribution is -0.138. The Balaban J connectivity index is 0.700. The fraction of sp³-hybridized carbons (Fsp3) is 0.368. The highest BCUT2D eigenvalue weighted by atomic mass is 16.5. The van der Waals surface area contributed by atoms with Crippen molar-refractivity contribution in [3.8, 4) is 68.6 Å². The van der Waals surface area contributed by atoms with Gasteiger partial charge in [-0.3, -0.25) is 0 Å². The molecule has 0 aromatic heterocycles. The topological polar surface area (TPSA) is 124 Å². The third-order valence-electron chi connectivity index (χ3n) is 23.5. The van der Waals surface area contributed by atoms with Crippen LogP contribution in [0.2, 0.25) is 0 Å². The van der Waals surface area contributed by atoms with E-state index in [9.17, 15) is 0 Å². The van der Waals surface area contributed by atoms with Crippen LogP contribution in [0, 0.1) is 10.8 Å². The Bertz CT molecular complexity index is 5350. The molecule has 2 heterocycles. The number of benzene rings is 12. The van der Waals surface area contributed by atoms with Gasteiger partial charge in [-0.15, -0.1) is 0 Å². The summed E-state index contributed by atoms with van der Waals surface area (Å²) in [5, 5.41) is 0. The third-order valence-corrected chi connectivity index (χ3v) is 23.5. The van der Waals surface area contributed by atoms with Gasteiger partial charge < -0.3 is 76.4 Å². The molecule has 12 aromatic rings.